The van der Waals surface area contributed by atoms with Crippen LogP contribution in [0.2, 0.25) is 0 Å². The molecule has 0 spiro atoms. The zero-order chi connectivity index (χ0) is 18.0. The third kappa shape index (κ3) is 3.42. The number of carbonyl (C=O) groups excluding carboxylic acids is 1. The van der Waals surface area contributed by atoms with E-state index in [-0.39, 0.29) is 5.78 Å². The number of hydrogen-bond donors (Lipinski definition) is 0. The third-order valence-electron chi connectivity index (χ3n) is 4.35. The summed E-state index contributed by atoms with van der Waals surface area (Å²) < 4.78 is 16.8. The monoisotopic (exact) mass is 402 g/mol. The Morgan fingerprint density at radius 3 is 2.36 bits per heavy atom. The van der Waals surface area contributed by atoms with Crippen molar-refractivity contribution in [1.29, 1.82) is 0 Å². The minimum absolute atomic E-state index is 0.0434. The van der Waals surface area contributed by atoms with Crippen molar-refractivity contribution in [3.63, 3.8) is 0 Å². The van der Waals surface area contributed by atoms with Crippen LogP contribution in [0.4, 0.5) is 0 Å². The molecule has 0 atom stereocenters. The highest BCUT2D eigenvalue weighted by Gasteiger charge is 2.23. The molecular formula is C20H19BrO4. The van der Waals surface area contributed by atoms with Gasteiger partial charge in [-0.2, -0.15) is 0 Å². The first kappa shape index (κ1) is 17.5. The number of hydrogen-bond acceptors (Lipinski definition) is 4. The second-order valence-electron chi connectivity index (χ2n) is 5.75. The van der Waals surface area contributed by atoms with Gasteiger partial charge in [-0.25, -0.2) is 0 Å². The molecule has 5 heteroatoms. The number of aryl methyl sites for hydroxylation is 1. The van der Waals surface area contributed by atoms with E-state index in [0.717, 1.165) is 27.6 Å². The van der Waals surface area contributed by atoms with Crippen molar-refractivity contribution >= 4 is 27.8 Å². The predicted octanol–water partition coefficient (Wildman–Crippen LogP) is 4.69. The average Bonchev–Trinajstić information content (AvgIpc) is 2.64. The molecular weight excluding hydrogens is 384 g/mol. The van der Waals surface area contributed by atoms with Gasteiger partial charge in [0.2, 0.25) is 0 Å². The molecule has 4 nitrogen and oxygen atoms in total. The molecule has 0 saturated heterocycles. The topological polar surface area (TPSA) is 44.8 Å². The number of ketones is 1. The maximum atomic E-state index is 12.9. The van der Waals surface area contributed by atoms with Crippen LogP contribution in [0.1, 0.15) is 27.9 Å². The Balaban J connectivity index is 2.01. The molecule has 0 unspecified atom stereocenters. The van der Waals surface area contributed by atoms with Gasteiger partial charge in [0, 0.05) is 15.6 Å². The van der Waals surface area contributed by atoms with Crippen LogP contribution in [-0.4, -0.2) is 27.1 Å². The smallest absolute Gasteiger partial charge is 0.189 e. The highest BCUT2D eigenvalue weighted by atomic mass is 79.9. The second kappa shape index (κ2) is 7.31. The predicted molar refractivity (Wildman–Crippen MR) is 101 cm³/mol. The lowest BCUT2D eigenvalue weighted by Crippen LogP contribution is -2.14. The number of halogens is 1. The summed E-state index contributed by atoms with van der Waals surface area (Å²) in [6, 6.07) is 9.38. The average molecular weight is 403 g/mol. The molecule has 0 bridgehead atoms. The van der Waals surface area contributed by atoms with E-state index >= 15 is 0 Å². The van der Waals surface area contributed by atoms with Crippen LogP contribution in [0.25, 0.3) is 6.08 Å². The van der Waals surface area contributed by atoms with Crippen LogP contribution in [-0.2, 0) is 6.42 Å². The summed E-state index contributed by atoms with van der Waals surface area (Å²) in [6.07, 6.45) is 3.46. The van der Waals surface area contributed by atoms with Gasteiger partial charge in [0.25, 0.3) is 0 Å². The van der Waals surface area contributed by atoms with Crippen LogP contribution < -0.4 is 14.2 Å². The SMILES string of the molecule is COc1ccc2c(c1)C(=O)/C(=C/c1cc(OC)c(OC)cc1Br)CC2. The number of methoxy groups -OCH3 is 3. The quantitative estimate of drug-likeness (QED) is 0.695. The van der Waals surface area contributed by atoms with Crippen LogP contribution in [0.3, 0.4) is 0 Å². The summed E-state index contributed by atoms with van der Waals surface area (Å²) in [5.74, 6) is 2.01. The normalized spacial score (nSPS) is 15.0. The van der Waals surface area contributed by atoms with Gasteiger partial charge in [0.1, 0.15) is 5.75 Å². The molecule has 1 aliphatic carbocycles. The Hall–Kier alpha value is -2.27. The molecule has 3 rings (SSSR count). The van der Waals surface area contributed by atoms with E-state index in [0.29, 0.717) is 29.2 Å². The first-order chi connectivity index (χ1) is 12.1. The Morgan fingerprint density at radius 2 is 1.68 bits per heavy atom. The number of fused-ring (bicyclic) bond motifs is 1. The molecule has 1 aliphatic rings. The summed E-state index contributed by atoms with van der Waals surface area (Å²) in [4.78, 5) is 12.9. The fraction of sp³-hybridized carbons (Fsp3) is 0.250. The van der Waals surface area contributed by atoms with Crippen molar-refractivity contribution in [2.45, 2.75) is 12.8 Å². The first-order valence-corrected chi connectivity index (χ1v) is 8.70. The maximum absolute atomic E-state index is 12.9. The van der Waals surface area contributed by atoms with E-state index in [2.05, 4.69) is 15.9 Å². The minimum Gasteiger partial charge on any atom is -0.497 e. The van der Waals surface area contributed by atoms with Crippen LogP contribution >= 0.6 is 15.9 Å². The van der Waals surface area contributed by atoms with E-state index in [1.165, 1.54) is 0 Å². The van der Waals surface area contributed by atoms with Gasteiger partial charge in [-0.1, -0.05) is 22.0 Å². The van der Waals surface area contributed by atoms with Crippen LogP contribution in [0.15, 0.2) is 40.4 Å². The van der Waals surface area contributed by atoms with E-state index in [4.69, 9.17) is 14.2 Å². The second-order valence-corrected chi connectivity index (χ2v) is 6.60. The molecule has 0 saturated carbocycles. The summed E-state index contributed by atoms with van der Waals surface area (Å²) in [5.41, 5.74) is 3.43. The zero-order valence-electron chi connectivity index (χ0n) is 14.4. The van der Waals surface area contributed by atoms with Crippen LogP contribution in [0, 0.1) is 0 Å². The molecule has 0 radical (unpaired) electrons. The number of allylic oxidation sites excluding steroid dienone is 1. The Bertz CT molecular complexity index is 855. The third-order valence-corrected chi connectivity index (χ3v) is 5.04. The van der Waals surface area contributed by atoms with Crippen molar-refractivity contribution in [1.82, 2.24) is 0 Å². The first-order valence-electron chi connectivity index (χ1n) is 7.91. The molecule has 0 fully saturated rings. The number of benzene rings is 2. The summed E-state index contributed by atoms with van der Waals surface area (Å²) in [6.45, 7) is 0. The molecule has 130 valence electrons. The highest BCUT2D eigenvalue weighted by molar-refractivity contribution is 9.10. The Kier molecular flexibility index (Phi) is 5.13. The van der Waals surface area contributed by atoms with Gasteiger partial charge in [-0.05, 0) is 54.3 Å². The lowest BCUT2D eigenvalue weighted by Gasteiger charge is -2.18. The lowest BCUT2D eigenvalue weighted by atomic mass is 9.86. The largest absolute Gasteiger partial charge is 0.497 e. The maximum Gasteiger partial charge on any atom is 0.189 e. The van der Waals surface area contributed by atoms with Gasteiger partial charge in [-0.15, -0.1) is 0 Å². The van der Waals surface area contributed by atoms with Gasteiger partial charge in [0.05, 0.1) is 21.3 Å². The molecule has 0 heterocycles. The Morgan fingerprint density at radius 1 is 0.960 bits per heavy atom. The van der Waals surface area contributed by atoms with E-state index in [1.54, 1.807) is 21.3 Å². The number of ether oxygens (including phenoxy) is 3. The van der Waals surface area contributed by atoms with Crippen molar-refractivity contribution in [2.24, 2.45) is 0 Å². The van der Waals surface area contributed by atoms with Crippen molar-refractivity contribution in [3.8, 4) is 17.2 Å². The van der Waals surface area contributed by atoms with E-state index < -0.39 is 0 Å². The molecule has 0 N–H and O–H groups in total. The van der Waals surface area contributed by atoms with Gasteiger partial charge < -0.3 is 14.2 Å². The minimum atomic E-state index is 0.0434. The molecule has 25 heavy (non-hydrogen) atoms. The molecule has 0 amide bonds. The molecule has 0 aliphatic heterocycles. The van der Waals surface area contributed by atoms with Crippen molar-refractivity contribution < 1.29 is 19.0 Å². The summed E-state index contributed by atoms with van der Waals surface area (Å²) in [7, 11) is 4.79. The van der Waals surface area contributed by atoms with Gasteiger partial charge >= 0.3 is 0 Å². The van der Waals surface area contributed by atoms with Crippen LogP contribution in [0.5, 0.6) is 17.2 Å². The van der Waals surface area contributed by atoms with Crippen molar-refractivity contribution in [3.05, 3.63) is 57.1 Å². The van der Waals surface area contributed by atoms with E-state index in [9.17, 15) is 4.79 Å². The van der Waals surface area contributed by atoms with Gasteiger partial charge in [-0.3, -0.25) is 4.79 Å². The number of Topliss-reactive ketones (excluding diaryl/α,β-unsaturated/α-hetero) is 1. The fourth-order valence-corrected chi connectivity index (χ4v) is 3.41. The number of rotatable bonds is 4. The Labute approximate surface area is 155 Å². The zero-order valence-corrected chi connectivity index (χ0v) is 16.0. The lowest BCUT2D eigenvalue weighted by molar-refractivity contribution is 0.102. The number of carbonyl (C=O) groups is 1. The molecule has 2 aromatic carbocycles. The highest BCUT2D eigenvalue weighted by Crippen LogP contribution is 2.36. The summed E-state index contributed by atoms with van der Waals surface area (Å²) in [5, 5.41) is 0. The molecule has 0 aromatic heterocycles. The van der Waals surface area contributed by atoms with Gasteiger partial charge in [0.15, 0.2) is 17.3 Å². The van der Waals surface area contributed by atoms with Crippen molar-refractivity contribution in [2.75, 3.05) is 21.3 Å². The molecule has 2 aromatic rings. The standard InChI is InChI=1S/C20H19BrO4/c1-23-15-7-6-12-4-5-13(20(22)16(12)10-15)8-14-9-18(24-2)19(25-3)11-17(14)21/h6-11H,4-5H2,1-3H3/b13-8+. The summed E-state index contributed by atoms with van der Waals surface area (Å²) >= 11 is 3.54. The van der Waals surface area contributed by atoms with E-state index in [1.807, 2.05) is 36.4 Å². The fourth-order valence-electron chi connectivity index (χ4n) is 2.97.